The molecule has 0 fully saturated rings. The number of aliphatic carboxylic acids is 1. The molecule has 0 aromatic heterocycles. The van der Waals surface area contributed by atoms with Crippen molar-refractivity contribution in [2.75, 3.05) is 0 Å². The van der Waals surface area contributed by atoms with Gasteiger partial charge in [-0.15, -0.1) is 0 Å². The molecule has 0 radical (unpaired) electrons. The average molecular weight is 196 g/mol. The van der Waals surface area contributed by atoms with Crippen LogP contribution in [-0.2, 0) is 11.2 Å². The third-order valence-corrected chi connectivity index (χ3v) is 2.18. The van der Waals surface area contributed by atoms with Crippen LogP contribution in [0.5, 0.6) is 0 Å². The van der Waals surface area contributed by atoms with Crippen molar-refractivity contribution < 1.29 is 14.3 Å². The smallest absolute Gasteiger partial charge is 0.306 e. The third-order valence-electron chi connectivity index (χ3n) is 2.18. The van der Waals surface area contributed by atoms with E-state index in [1.807, 2.05) is 0 Å². The van der Waals surface area contributed by atoms with Gasteiger partial charge in [-0.05, 0) is 30.5 Å². The van der Waals surface area contributed by atoms with Gasteiger partial charge in [0.1, 0.15) is 5.82 Å². The maximum absolute atomic E-state index is 12.7. The number of hydrogen-bond donors (Lipinski definition) is 1. The minimum atomic E-state index is -0.804. The predicted molar refractivity (Wildman–Crippen MR) is 51.5 cm³/mol. The van der Waals surface area contributed by atoms with E-state index < -0.39 is 5.97 Å². The van der Waals surface area contributed by atoms with Gasteiger partial charge in [-0.25, -0.2) is 4.39 Å². The summed E-state index contributed by atoms with van der Waals surface area (Å²) in [6.45, 7) is 1.65. The van der Waals surface area contributed by atoms with E-state index in [0.29, 0.717) is 12.8 Å². The van der Waals surface area contributed by atoms with Crippen LogP contribution in [0.1, 0.15) is 18.9 Å². The molecule has 2 nitrogen and oxygen atoms in total. The summed E-state index contributed by atoms with van der Waals surface area (Å²) in [5, 5.41) is 8.64. The highest BCUT2D eigenvalue weighted by atomic mass is 19.1. The van der Waals surface area contributed by atoms with Gasteiger partial charge in [0.2, 0.25) is 0 Å². The monoisotopic (exact) mass is 196 g/mol. The van der Waals surface area contributed by atoms with E-state index in [2.05, 4.69) is 0 Å². The van der Waals surface area contributed by atoms with Crippen LogP contribution in [-0.4, -0.2) is 11.1 Å². The highest BCUT2D eigenvalue weighted by Gasteiger charge is 2.10. The Morgan fingerprint density at radius 2 is 2.29 bits per heavy atom. The Morgan fingerprint density at radius 3 is 2.86 bits per heavy atom. The van der Waals surface area contributed by atoms with Crippen LogP contribution >= 0.6 is 0 Å². The number of aryl methyl sites for hydroxylation is 1. The van der Waals surface area contributed by atoms with Gasteiger partial charge < -0.3 is 5.11 Å². The predicted octanol–water partition coefficient (Wildman–Crippen LogP) is 2.48. The number of carbonyl (C=O) groups is 1. The molecular formula is C11H13FO2. The molecule has 1 aromatic rings. The molecular weight excluding hydrogens is 183 g/mol. The van der Waals surface area contributed by atoms with E-state index in [4.69, 9.17) is 5.11 Å². The quantitative estimate of drug-likeness (QED) is 0.803. The van der Waals surface area contributed by atoms with Crippen molar-refractivity contribution in [2.45, 2.75) is 19.8 Å². The van der Waals surface area contributed by atoms with Crippen molar-refractivity contribution >= 4 is 5.97 Å². The van der Waals surface area contributed by atoms with Crippen LogP contribution in [0.4, 0.5) is 4.39 Å². The zero-order valence-corrected chi connectivity index (χ0v) is 8.03. The lowest BCUT2D eigenvalue weighted by molar-refractivity contribution is -0.141. The lowest BCUT2D eigenvalue weighted by atomic mass is 10.0. The molecule has 14 heavy (non-hydrogen) atoms. The summed E-state index contributed by atoms with van der Waals surface area (Å²) in [7, 11) is 0. The normalized spacial score (nSPS) is 12.4. The van der Waals surface area contributed by atoms with E-state index in [-0.39, 0.29) is 11.7 Å². The summed E-state index contributed by atoms with van der Waals surface area (Å²) in [5.41, 5.74) is 0.845. The number of hydrogen-bond acceptors (Lipinski definition) is 1. The first-order valence-electron chi connectivity index (χ1n) is 4.57. The summed E-state index contributed by atoms with van der Waals surface area (Å²) in [5.74, 6) is -1.45. The van der Waals surface area contributed by atoms with E-state index in [1.54, 1.807) is 19.1 Å². The molecule has 0 spiro atoms. The van der Waals surface area contributed by atoms with E-state index >= 15 is 0 Å². The van der Waals surface area contributed by atoms with Crippen molar-refractivity contribution in [1.82, 2.24) is 0 Å². The largest absolute Gasteiger partial charge is 0.481 e. The molecule has 0 aliphatic heterocycles. The highest BCUT2D eigenvalue weighted by Crippen LogP contribution is 2.10. The SMILES string of the molecule is C[C@H](CCc1cccc(F)c1)C(=O)O. The van der Waals surface area contributed by atoms with Gasteiger partial charge in [0, 0.05) is 0 Å². The Morgan fingerprint density at radius 1 is 1.57 bits per heavy atom. The van der Waals surface area contributed by atoms with E-state index in [9.17, 15) is 9.18 Å². The molecule has 0 aliphatic rings. The molecule has 3 heteroatoms. The number of carboxylic acids is 1. The second kappa shape index (κ2) is 4.74. The maximum Gasteiger partial charge on any atom is 0.306 e. The van der Waals surface area contributed by atoms with Crippen LogP contribution in [0.3, 0.4) is 0 Å². The highest BCUT2D eigenvalue weighted by molar-refractivity contribution is 5.69. The molecule has 1 N–H and O–H groups in total. The molecule has 0 amide bonds. The van der Waals surface area contributed by atoms with Crippen molar-refractivity contribution in [3.8, 4) is 0 Å². The molecule has 0 aliphatic carbocycles. The Hall–Kier alpha value is -1.38. The number of benzene rings is 1. The minimum Gasteiger partial charge on any atom is -0.481 e. The fourth-order valence-corrected chi connectivity index (χ4v) is 1.20. The fourth-order valence-electron chi connectivity index (χ4n) is 1.20. The third kappa shape index (κ3) is 3.17. The second-order valence-electron chi connectivity index (χ2n) is 3.41. The van der Waals surface area contributed by atoms with Gasteiger partial charge in [0.15, 0.2) is 0 Å². The molecule has 1 aromatic carbocycles. The zero-order chi connectivity index (χ0) is 10.6. The van der Waals surface area contributed by atoms with Crippen LogP contribution in [0.25, 0.3) is 0 Å². The molecule has 0 saturated heterocycles. The first kappa shape index (κ1) is 10.7. The molecule has 1 rings (SSSR count). The standard InChI is InChI=1S/C11H13FO2/c1-8(11(13)14)5-6-9-3-2-4-10(12)7-9/h2-4,7-8H,5-6H2,1H3,(H,13,14)/t8-/m1/s1. The summed E-state index contributed by atoms with van der Waals surface area (Å²) in [6.07, 6.45) is 1.14. The first-order valence-corrected chi connectivity index (χ1v) is 4.57. The number of carboxylic acid groups (broad SMARTS) is 1. The van der Waals surface area contributed by atoms with Crippen LogP contribution < -0.4 is 0 Å². The Kier molecular flexibility index (Phi) is 3.63. The maximum atomic E-state index is 12.7. The molecule has 1 atom stereocenters. The van der Waals surface area contributed by atoms with Crippen LogP contribution in [0, 0.1) is 11.7 Å². The first-order chi connectivity index (χ1) is 6.59. The summed E-state index contributed by atoms with van der Waals surface area (Å²) < 4.78 is 12.7. The fraction of sp³-hybridized carbons (Fsp3) is 0.364. The number of halogens is 1. The van der Waals surface area contributed by atoms with Crippen molar-refractivity contribution in [1.29, 1.82) is 0 Å². The summed E-state index contributed by atoms with van der Waals surface area (Å²) in [6, 6.07) is 6.26. The van der Waals surface area contributed by atoms with Crippen molar-refractivity contribution in [3.63, 3.8) is 0 Å². The van der Waals surface area contributed by atoms with Crippen LogP contribution in [0.2, 0.25) is 0 Å². The molecule has 0 bridgehead atoms. The van der Waals surface area contributed by atoms with Gasteiger partial charge in [-0.1, -0.05) is 19.1 Å². The molecule has 0 unspecified atom stereocenters. The molecule has 76 valence electrons. The van der Waals surface area contributed by atoms with Crippen LogP contribution in [0.15, 0.2) is 24.3 Å². The summed E-state index contributed by atoms with van der Waals surface area (Å²) in [4.78, 5) is 10.5. The zero-order valence-electron chi connectivity index (χ0n) is 8.03. The number of rotatable bonds is 4. The average Bonchev–Trinajstić information content (AvgIpc) is 2.14. The second-order valence-corrected chi connectivity index (χ2v) is 3.41. The lowest BCUT2D eigenvalue weighted by Gasteiger charge is -2.05. The minimum absolute atomic E-state index is 0.273. The Bertz CT molecular complexity index is 323. The van der Waals surface area contributed by atoms with Gasteiger partial charge in [-0.2, -0.15) is 0 Å². The van der Waals surface area contributed by atoms with E-state index in [0.717, 1.165) is 5.56 Å². The van der Waals surface area contributed by atoms with Gasteiger partial charge in [0.05, 0.1) is 5.92 Å². The van der Waals surface area contributed by atoms with Crippen molar-refractivity contribution in [3.05, 3.63) is 35.6 Å². The van der Waals surface area contributed by atoms with Gasteiger partial charge in [0.25, 0.3) is 0 Å². The molecule has 0 saturated carbocycles. The van der Waals surface area contributed by atoms with Gasteiger partial charge >= 0.3 is 5.97 Å². The molecule has 0 heterocycles. The Balaban J connectivity index is 2.49. The summed E-state index contributed by atoms with van der Waals surface area (Å²) >= 11 is 0. The lowest BCUT2D eigenvalue weighted by Crippen LogP contribution is -2.10. The topological polar surface area (TPSA) is 37.3 Å². The van der Waals surface area contributed by atoms with E-state index in [1.165, 1.54) is 12.1 Å². The Labute approximate surface area is 82.4 Å². The van der Waals surface area contributed by atoms with Gasteiger partial charge in [-0.3, -0.25) is 4.79 Å². The van der Waals surface area contributed by atoms with Crippen molar-refractivity contribution in [2.24, 2.45) is 5.92 Å².